The fourth-order valence-electron chi connectivity index (χ4n) is 4.06. The quantitative estimate of drug-likeness (QED) is 0.757. The summed E-state index contributed by atoms with van der Waals surface area (Å²) in [4.78, 5) is 18.2. The second kappa shape index (κ2) is 6.91. The second-order valence-corrected chi connectivity index (χ2v) is 7.58. The maximum atomic E-state index is 11.9. The lowest BCUT2D eigenvalue weighted by atomic mass is 9.95. The van der Waals surface area contributed by atoms with Crippen molar-refractivity contribution in [3.05, 3.63) is 47.7 Å². The Balaban J connectivity index is 1.40. The molecule has 2 aliphatic rings. The fraction of sp³-hybridized carbons (Fsp3) is 0.381. The molecular formula is C21H23N5O2. The third-order valence-corrected chi connectivity index (χ3v) is 5.70. The van der Waals surface area contributed by atoms with Gasteiger partial charge in [0.15, 0.2) is 5.65 Å². The van der Waals surface area contributed by atoms with E-state index in [1.807, 2.05) is 41.9 Å². The minimum Gasteiger partial charge on any atom is -0.381 e. The first-order chi connectivity index (χ1) is 13.7. The largest absolute Gasteiger partial charge is 0.381 e. The van der Waals surface area contributed by atoms with Crippen LogP contribution in [0.25, 0.3) is 5.65 Å². The molecule has 5 rings (SSSR count). The van der Waals surface area contributed by atoms with Gasteiger partial charge in [0, 0.05) is 37.3 Å². The van der Waals surface area contributed by atoms with E-state index in [2.05, 4.69) is 21.5 Å². The predicted molar refractivity (Wildman–Crippen MR) is 107 cm³/mol. The minimum absolute atomic E-state index is 0.121. The number of likely N-dealkylation sites (N-methyl/N-ethyl adjacent to an activating group) is 1. The summed E-state index contributed by atoms with van der Waals surface area (Å²) < 4.78 is 7.40. The first kappa shape index (κ1) is 17.2. The van der Waals surface area contributed by atoms with Crippen molar-refractivity contribution in [2.45, 2.75) is 25.7 Å². The summed E-state index contributed by atoms with van der Waals surface area (Å²) in [5, 5.41) is 7.97. The molecule has 0 bridgehead atoms. The van der Waals surface area contributed by atoms with Gasteiger partial charge < -0.3 is 15.0 Å². The third-order valence-electron chi connectivity index (χ3n) is 5.70. The van der Waals surface area contributed by atoms with Gasteiger partial charge in [0.1, 0.15) is 0 Å². The number of rotatable bonds is 4. The summed E-state index contributed by atoms with van der Waals surface area (Å²) in [5.74, 6) is 1.31. The molecule has 144 valence electrons. The van der Waals surface area contributed by atoms with Crippen LogP contribution in [-0.2, 0) is 22.4 Å². The molecule has 7 nitrogen and oxygen atoms in total. The van der Waals surface area contributed by atoms with E-state index in [0.717, 1.165) is 55.1 Å². The number of fused-ring (bicyclic) bond motifs is 2. The van der Waals surface area contributed by atoms with E-state index in [1.54, 1.807) is 4.90 Å². The zero-order chi connectivity index (χ0) is 19.1. The van der Waals surface area contributed by atoms with Crippen LogP contribution < -0.4 is 10.2 Å². The van der Waals surface area contributed by atoms with E-state index in [0.29, 0.717) is 18.3 Å². The summed E-state index contributed by atoms with van der Waals surface area (Å²) in [6.07, 6.45) is 3.64. The molecule has 4 heterocycles. The van der Waals surface area contributed by atoms with Gasteiger partial charge in [0.2, 0.25) is 11.9 Å². The maximum absolute atomic E-state index is 11.9. The van der Waals surface area contributed by atoms with E-state index in [-0.39, 0.29) is 5.91 Å². The number of hydrogen-bond donors (Lipinski definition) is 1. The SMILES string of the molecule is CN1C(=O)Cc2ccc(Nc3nc4cccc(CC5CCOCC5)n4n3)cc21. The average molecular weight is 377 g/mol. The highest BCUT2D eigenvalue weighted by atomic mass is 16.5. The van der Waals surface area contributed by atoms with Gasteiger partial charge in [-0.25, -0.2) is 4.52 Å². The Morgan fingerprint density at radius 2 is 2.07 bits per heavy atom. The van der Waals surface area contributed by atoms with Gasteiger partial charge in [-0.1, -0.05) is 12.1 Å². The topological polar surface area (TPSA) is 71.8 Å². The van der Waals surface area contributed by atoms with E-state index >= 15 is 0 Å². The fourth-order valence-corrected chi connectivity index (χ4v) is 4.06. The lowest BCUT2D eigenvalue weighted by Crippen LogP contribution is -2.20. The van der Waals surface area contributed by atoms with Crippen molar-refractivity contribution in [2.75, 3.05) is 30.5 Å². The lowest BCUT2D eigenvalue weighted by Gasteiger charge is -2.21. The second-order valence-electron chi connectivity index (χ2n) is 7.58. The lowest BCUT2D eigenvalue weighted by molar-refractivity contribution is -0.117. The van der Waals surface area contributed by atoms with Crippen LogP contribution in [0.15, 0.2) is 36.4 Å². The van der Waals surface area contributed by atoms with Crippen molar-refractivity contribution in [1.82, 2.24) is 14.6 Å². The molecule has 28 heavy (non-hydrogen) atoms. The van der Waals surface area contributed by atoms with Gasteiger partial charge in [-0.05, 0) is 55.0 Å². The number of anilines is 3. The number of carbonyl (C=O) groups is 1. The number of hydrogen-bond acceptors (Lipinski definition) is 5. The summed E-state index contributed by atoms with van der Waals surface area (Å²) in [6.45, 7) is 1.69. The summed E-state index contributed by atoms with van der Waals surface area (Å²) >= 11 is 0. The molecular weight excluding hydrogens is 354 g/mol. The van der Waals surface area contributed by atoms with Crippen LogP contribution in [0.2, 0.25) is 0 Å². The maximum Gasteiger partial charge on any atom is 0.247 e. The number of carbonyl (C=O) groups excluding carboxylic acids is 1. The highest BCUT2D eigenvalue weighted by Crippen LogP contribution is 2.31. The molecule has 0 saturated carbocycles. The Kier molecular flexibility index (Phi) is 4.24. The number of ether oxygens (including phenoxy) is 1. The summed E-state index contributed by atoms with van der Waals surface area (Å²) in [6, 6.07) is 12.1. The van der Waals surface area contributed by atoms with Crippen LogP contribution >= 0.6 is 0 Å². The van der Waals surface area contributed by atoms with Crippen molar-refractivity contribution >= 4 is 28.9 Å². The van der Waals surface area contributed by atoms with Gasteiger partial charge in [-0.3, -0.25) is 4.79 Å². The molecule has 1 N–H and O–H groups in total. The molecule has 1 fully saturated rings. The molecule has 7 heteroatoms. The first-order valence-electron chi connectivity index (χ1n) is 9.76. The summed E-state index contributed by atoms with van der Waals surface area (Å²) in [5.41, 5.74) is 4.88. The van der Waals surface area contributed by atoms with E-state index < -0.39 is 0 Å². The van der Waals surface area contributed by atoms with E-state index in [1.165, 1.54) is 5.69 Å². The number of aromatic nitrogens is 3. The van der Waals surface area contributed by atoms with Crippen LogP contribution in [0.5, 0.6) is 0 Å². The third kappa shape index (κ3) is 3.11. The van der Waals surface area contributed by atoms with Gasteiger partial charge in [-0.15, -0.1) is 5.10 Å². The molecule has 1 aromatic carbocycles. The molecule has 1 amide bonds. The molecule has 3 aromatic rings. The van der Waals surface area contributed by atoms with Crippen LogP contribution in [0, 0.1) is 5.92 Å². The van der Waals surface area contributed by atoms with Crippen molar-refractivity contribution in [1.29, 1.82) is 0 Å². The molecule has 0 atom stereocenters. The van der Waals surface area contributed by atoms with Gasteiger partial charge >= 0.3 is 0 Å². The number of pyridine rings is 1. The minimum atomic E-state index is 0.121. The molecule has 2 aliphatic heterocycles. The zero-order valence-electron chi connectivity index (χ0n) is 15.9. The van der Waals surface area contributed by atoms with Crippen LogP contribution in [-0.4, -0.2) is 40.8 Å². The van der Waals surface area contributed by atoms with Crippen molar-refractivity contribution in [3.63, 3.8) is 0 Å². The van der Waals surface area contributed by atoms with Gasteiger partial charge in [0.05, 0.1) is 6.42 Å². The van der Waals surface area contributed by atoms with Crippen molar-refractivity contribution in [3.8, 4) is 0 Å². The Labute approximate surface area is 163 Å². The number of amides is 1. The highest BCUT2D eigenvalue weighted by Gasteiger charge is 2.24. The smallest absolute Gasteiger partial charge is 0.247 e. The monoisotopic (exact) mass is 377 g/mol. The van der Waals surface area contributed by atoms with Gasteiger partial charge in [-0.2, -0.15) is 4.98 Å². The molecule has 0 aliphatic carbocycles. The zero-order valence-corrected chi connectivity index (χ0v) is 15.9. The molecule has 0 radical (unpaired) electrons. The Morgan fingerprint density at radius 3 is 2.93 bits per heavy atom. The average Bonchev–Trinajstić information content (AvgIpc) is 3.24. The molecule has 1 saturated heterocycles. The molecule has 2 aromatic heterocycles. The Bertz CT molecular complexity index is 1040. The number of nitrogens with one attached hydrogen (secondary N) is 1. The predicted octanol–water partition coefficient (Wildman–Crippen LogP) is 2.96. The summed E-state index contributed by atoms with van der Waals surface area (Å²) in [7, 11) is 1.81. The number of nitrogens with zero attached hydrogens (tertiary/aromatic N) is 4. The standard InChI is InChI=1S/C21H23N5O2/c1-25-18-13-16(6-5-15(18)12-20(25)27)22-21-23-19-4-2-3-17(26(19)24-21)11-14-7-9-28-10-8-14/h2-6,13-14H,7-12H2,1H3,(H,22,24). The Morgan fingerprint density at radius 1 is 1.21 bits per heavy atom. The van der Waals surface area contributed by atoms with Crippen LogP contribution in [0.1, 0.15) is 24.1 Å². The Hall–Kier alpha value is -2.93. The van der Waals surface area contributed by atoms with E-state index in [4.69, 9.17) is 4.74 Å². The van der Waals surface area contributed by atoms with Crippen molar-refractivity contribution < 1.29 is 9.53 Å². The normalized spacial score (nSPS) is 17.3. The van der Waals surface area contributed by atoms with Crippen LogP contribution in [0.3, 0.4) is 0 Å². The van der Waals surface area contributed by atoms with Crippen molar-refractivity contribution in [2.24, 2.45) is 5.92 Å². The van der Waals surface area contributed by atoms with E-state index in [9.17, 15) is 4.79 Å². The highest BCUT2D eigenvalue weighted by molar-refractivity contribution is 6.01. The van der Waals surface area contributed by atoms with Crippen LogP contribution in [0.4, 0.5) is 17.3 Å². The first-order valence-corrected chi connectivity index (χ1v) is 9.76. The number of benzene rings is 1. The molecule has 0 unspecified atom stereocenters. The molecule has 0 spiro atoms. The van der Waals surface area contributed by atoms with Gasteiger partial charge in [0.25, 0.3) is 0 Å².